The Morgan fingerprint density at radius 2 is 1.77 bits per heavy atom. The first-order chi connectivity index (χ1) is 19.3. The van der Waals surface area contributed by atoms with Gasteiger partial charge in [-0.1, -0.05) is 36.8 Å². The van der Waals surface area contributed by atoms with Crippen molar-refractivity contribution in [1.29, 1.82) is 0 Å². The molecule has 1 aromatic heterocycles. The van der Waals surface area contributed by atoms with Gasteiger partial charge in [0.15, 0.2) is 0 Å². The highest BCUT2D eigenvalue weighted by molar-refractivity contribution is 5.96. The summed E-state index contributed by atoms with van der Waals surface area (Å²) in [7, 11) is 4.08. The second kappa shape index (κ2) is 12.3. The molecule has 2 aliphatic rings. The maximum absolute atomic E-state index is 13.8. The molecule has 3 heterocycles. The van der Waals surface area contributed by atoms with Crippen LogP contribution in [0.1, 0.15) is 54.9 Å². The number of nitrogens with one attached hydrogen (secondary N) is 2. The SMILES string of the molecule is C[C@@H]1COc2ccccc2C(=O)NCCCCC2(CCN(Cc3cc4ccccc4nc3N(C)C)CC2)C(=O)N1. The number of pyridine rings is 1. The number of ether oxygens (including phenoxy) is 1. The molecule has 1 fully saturated rings. The third kappa shape index (κ3) is 6.22. The number of rotatable bonds is 3. The second-order valence-electron chi connectivity index (χ2n) is 11.5. The molecule has 0 aliphatic carbocycles. The van der Waals surface area contributed by atoms with E-state index in [-0.39, 0.29) is 17.9 Å². The van der Waals surface area contributed by atoms with Crippen LogP contribution < -0.4 is 20.3 Å². The summed E-state index contributed by atoms with van der Waals surface area (Å²) in [5.74, 6) is 1.54. The summed E-state index contributed by atoms with van der Waals surface area (Å²) in [5.41, 5.74) is 2.32. The van der Waals surface area contributed by atoms with Gasteiger partial charge in [-0.2, -0.15) is 0 Å². The van der Waals surface area contributed by atoms with Crippen molar-refractivity contribution in [2.45, 2.75) is 51.6 Å². The van der Waals surface area contributed by atoms with Gasteiger partial charge in [-0.15, -0.1) is 0 Å². The number of hydrogen-bond donors (Lipinski definition) is 2. The number of carbonyl (C=O) groups excluding carboxylic acids is 2. The van der Waals surface area contributed by atoms with Gasteiger partial charge in [0.2, 0.25) is 5.91 Å². The van der Waals surface area contributed by atoms with E-state index in [1.54, 1.807) is 12.1 Å². The van der Waals surface area contributed by atoms with E-state index in [2.05, 4.69) is 44.7 Å². The van der Waals surface area contributed by atoms with Gasteiger partial charge in [-0.05, 0) is 70.0 Å². The molecule has 1 atom stereocenters. The van der Waals surface area contributed by atoms with Gasteiger partial charge < -0.3 is 20.3 Å². The summed E-state index contributed by atoms with van der Waals surface area (Å²) in [6.07, 6.45) is 4.14. The lowest BCUT2D eigenvalue weighted by molar-refractivity contribution is -0.135. The zero-order chi connectivity index (χ0) is 28.1. The van der Waals surface area contributed by atoms with E-state index in [0.717, 1.165) is 68.5 Å². The standard InChI is InChI=1S/C32H41N5O3/c1-23-22-40-28-13-7-5-11-26(28)30(38)33-17-9-8-14-32(31(39)34-23)15-18-37(19-16-32)21-25-20-24-10-4-6-12-27(24)35-29(25)36(2)3/h4-7,10-13,20,23H,8-9,14-19,21-22H2,1-3H3,(H,33,38)(H,34,39)/t23-/m1/s1. The summed E-state index contributed by atoms with van der Waals surface area (Å²) in [4.78, 5) is 36.0. The minimum absolute atomic E-state index is 0.118. The molecule has 0 bridgehead atoms. The first-order valence-corrected chi connectivity index (χ1v) is 14.4. The molecular weight excluding hydrogens is 502 g/mol. The highest BCUT2D eigenvalue weighted by Gasteiger charge is 2.41. The summed E-state index contributed by atoms with van der Waals surface area (Å²) in [6.45, 7) is 5.35. The molecule has 212 valence electrons. The van der Waals surface area contributed by atoms with Crippen LogP contribution in [-0.4, -0.2) is 68.1 Å². The molecule has 2 N–H and O–H groups in total. The number of para-hydroxylation sites is 2. The van der Waals surface area contributed by atoms with Crippen LogP contribution in [0.15, 0.2) is 54.6 Å². The predicted molar refractivity (Wildman–Crippen MR) is 159 cm³/mol. The highest BCUT2D eigenvalue weighted by Crippen LogP contribution is 2.38. The van der Waals surface area contributed by atoms with Gasteiger partial charge in [-0.25, -0.2) is 4.98 Å². The lowest BCUT2D eigenvalue weighted by Gasteiger charge is -2.41. The number of benzene rings is 2. The molecule has 2 amide bonds. The monoisotopic (exact) mass is 543 g/mol. The second-order valence-corrected chi connectivity index (χ2v) is 11.5. The van der Waals surface area contributed by atoms with Crippen molar-refractivity contribution in [3.05, 3.63) is 65.7 Å². The van der Waals surface area contributed by atoms with Crippen molar-refractivity contribution in [3.63, 3.8) is 0 Å². The quantitative estimate of drug-likeness (QED) is 0.510. The maximum atomic E-state index is 13.8. The Hall–Kier alpha value is -3.65. The van der Waals surface area contributed by atoms with Crippen LogP contribution in [0.25, 0.3) is 10.9 Å². The number of likely N-dealkylation sites (tertiary alicyclic amines) is 1. The van der Waals surface area contributed by atoms with E-state index in [0.29, 0.717) is 24.5 Å². The Morgan fingerprint density at radius 3 is 2.58 bits per heavy atom. The van der Waals surface area contributed by atoms with Gasteiger partial charge in [-0.3, -0.25) is 14.5 Å². The van der Waals surface area contributed by atoms with Crippen molar-refractivity contribution in [2.24, 2.45) is 5.41 Å². The molecule has 5 rings (SSSR count). The van der Waals surface area contributed by atoms with Crippen molar-refractivity contribution in [2.75, 3.05) is 45.2 Å². The van der Waals surface area contributed by atoms with Gasteiger partial charge >= 0.3 is 0 Å². The zero-order valence-electron chi connectivity index (χ0n) is 23.9. The van der Waals surface area contributed by atoms with Gasteiger partial charge in [0.1, 0.15) is 18.2 Å². The van der Waals surface area contributed by atoms with E-state index < -0.39 is 5.41 Å². The third-order valence-electron chi connectivity index (χ3n) is 8.26. The van der Waals surface area contributed by atoms with Crippen LogP contribution in [0, 0.1) is 5.41 Å². The lowest BCUT2D eigenvalue weighted by atomic mass is 9.73. The fraction of sp³-hybridized carbons (Fsp3) is 0.469. The van der Waals surface area contributed by atoms with Crippen LogP contribution in [0.2, 0.25) is 0 Å². The lowest BCUT2D eigenvalue weighted by Crippen LogP contribution is -2.51. The van der Waals surface area contributed by atoms with Crippen molar-refractivity contribution >= 4 is 28.5 Å². The topological polar surface area (TPSA) is 86.8 Å². The Labute approximate surface area is 237 Å². The van der Waals surface area contributed by atoms with Crippen molar-refractivity contribution in [1.82, 2.24) is 20.5 Å². The molecule has 1 spiro atoms. The molecule has 2 aromatic carbocycles. The smallest absolute Gasteiger partial charge is 0.255 e. The fourth-order valence-electron chi connectivity index (χ4n) is 5.92. The number of hydrogen-bond acceptors (Lipinski definition) is 6. The zero-order valence-corrected chi connectivity index (χ0v) is 23.9. The molecule has 2 aliphatic heterocycles. The van der Waals surface area contributed by atoms with Crippen LogP contribution in [0.4, 0.5) is 5.82 Å². The number of carbonyl (C=O) groups is 2. The minimum atomic E-state index is -0.414. The molecule has 0 radical (unpaired) electrons. The number of aromatic nitrogens is 1. The molecule has 3 aromatic rings. The molecule has 40 heavy (non-hydrogen) atoms. The van der Waals surface area contributed by atoms with Gasteiger partial charge in [0.05, 0.1) is 22.5 Å². The van der Waals surface area contributed by atoms with Crippen molar-refractivity contribution < 1.29 is 14.3 Å². The normalized spacial score (nSPS) is 20.6. The van der Waals surface area contributed by atoms with Gasteiger partial charge in [0, 0.05) is 38.1 Å². The van der Waals surface area contributed by atoms with E-state index in [9.17, 15) is 9.59 Å². The molecular formula is C32H41N5O3. The average Bonchev–Trinajstić information content (AvgIpc) is 2.96. The van der Waals surface area contributed by atoms with Crippen LogP contribution in [0.5, 0.6) is 5.75 Å². The number of anilines is 1. The van der Waals surface area contributed by atoms with Crippen LogP contribution in [0.3, 0.4) is 0 Å². The van der Waals surface area contributed by atoms with Crippen LogP contribution >= 0.6 is 0 Å². The molecule has 1 saturated heterocycles. The summed E-state index contributed by atoms with van der Waals surface area (Å²) >= 11 is 0. The Bertz CT molecular complexity index is 1350. The number of fused-ring (bicyclic) bond motifs is 2. The first kappa shape index (κ1) is 27.9. The predicted octanol–water partition coefficient (Wildman–Crippen LogP) is 4.38. The largest absolute Gasteiger partial charge is 0.491 e. The molecule has 0 unspecified atom stereocenters. The highest BCUT2D eigenvalue weighted by atomic mass is 16.5. The van der Waals surface area contributed by atoms with E-state index in [1.165, 1.54) is 5.56 Å². The summed E-state index contributed by atoms with van der Waals surface area (Å²) < 4.78 is 5.99. The van der Waals surface area contributed by atoms with Gasteiger partial charge in [0.25, 0.3) is 5.91 Å². The molecule has 8 nitrogen and oxygen atoms in total. The van der Waals surface area contributed by atoms with E-state index in [4.69, 9.17) is 9.72 Å². The Balaban J connectivity index is 1.28. The average molecular weight is 544 g/mol. The van der Waals surface area contributed by atoms with E-state index in [1.807, 2.05) is 39.2 Å². The number of piperidine rings is 1. The minimum Gasteiger partial charge on any atom is -0.491 e. The fourth-order valence-corrected chi connectivity index (χ4v) is 5.92. The Morgan fingerprint density at radius 1 is 1.02 bits per heavy atom. The molecule has 8 heteroatoms. The van der Waals surface area contributed by atoms with E-state index >= 15 is 0 Å². The first-order valence-electron chi connectivity index (χ1n) is 14.4. The van der Waals surface area contributed by atoms with Crippen molar-refractivity contribution in [3.8, 4) is 5.75 Å². The Kier molecular flexibility index (Phi) is 8.54. The third-order valence-corrected chi connectivity index (χ3v) is 8.26. The van der Waals surface area contributed by atoms with Crippen LogP contribution in [-0.2, 0) is 11.3 Å². The summed E-state index contributed by atoms with van der Waals surface area (Å²) in [5, 5.41) is 7.42. The number of amides is 2. The maximum Gasteiger partial charge on any atom is 0.255 e. The summed E-state index contributed by atoms with van der Waals surface area (Å²) in [6, 6.07) is 17.6. The molecule has 0 saturated carbocycles. The number of nitrogens with zero attached hydrogens (tertiary/aromatic N) is 3.